The number of piperidine rings is 1. The minimum Gasteiger partial charge on any atom is -0.490 e. The van der Waals surface area contributed by atoms with E-state index in [1.54, 1.807) is 0 Å². The van der Waals surface area contributed by atoms with Crippen LogP contribution in [-0.2, 0) is 14.8 Å². The van der Waals surface area contributed by atoms with Crippen LogP contribution in [0.5, 0.6) is 5.75 Å². The monoisotopic (exact) mass is 446 g/mol. The van der Waals surface area contributed by atoms with E-state index in [2.05, 4.69) is 5.32 Å². The van der Waals surface area contributed by atoms with E-state index >= 15 is 0 Å². The molecule has 0 radical (unpaired) electrons. The molecule has 1 amide bonds. The summed E-state index contributed by atoms with van der Waals surface area (Å²) < 4.78 is 46.6. The van der Waals surface area contributed by atoms with E-state index in [4.69, 9.17) is 4.74 Å². The Bertz CT molecular complexity index is 1010. The number of benzene rings is 2. The van der Waals surface area contributed by atoms with Crippen LogP contribution in [0.3, 0.4) is 0 Å². The highest BCUT2D eigenvalue weighted by atomic mass is 32.2. The van der Waals surface area contributed by atoms with Gasteiger partial charge in [0.15, 0.2) is 0 Å². The zero-order valence-corrected chi connectivity index (χ0v) is 18.1. The van der Waals surface area contributed by atoms with Gasteiger partial charge in [-0.25, -0.2) is 12.8 Å². The highest BCUT2D eigenvalue weighted by Crippen LogP contribution is 2.27. The van der Waals surface area contributed by atoms with Gasteiger partial charge in [0, 0.05) is 24.7 Å². The zero-order valence-electron chi connectivity index (χ0n) is 17.3. The summed E-state index contributed by atoms with van der Waals surface area (Å²) in [5.74, 6) is -0.381. The molecule has 1 heterocycles. The topological polar surface area (TPSA) is 75.7 Å². The van der Waals surface area contributed by atoms with Crippen LogP contribution < -0.4 is 10.1 Å². The number of ether oxygens (including phenoxy) is 1. The van der Waals surface area contributed by atoms with Crippen LogP contribution in [0.25, 0.3) is 0 Å². The summed E-state index contributed by atoms with van der Waals surface area (Å²) in [4.78, 5) is 12.3. The highest BCUT2D eigenvalue weighted by Gasteiger charge is 2.33. The van der Waals surface area contributed by atoms with Gasteiger partial charge >= 0.3 is 0 Å². The first kappa shape index (κ1) is 21.8. The lowest BCUT2D eigenvalue weighted by molar-refractivity contribution is -0.120. The summed E-state index contributed by atoms with van der Waals surface area (Å²) in [6.45, 7) is 0.367. The van der Waals surface area contributed by atoms with Crippen LogP contribution in [0.4, 0.5) is 10.1 Å². The van der Waals surface area contributed by atoms with Gasteiger partial charge in [-0.15, -0.1) is 0 Å². The van der Waals surface area contributed by atoms with Crippen LogP contribution >= 0.6 is 0 Å². The van der Waals surface area contributed by atoms with Gasteiger partial charge in [-0.3, -0.25) is 4.79 Å². The van der Waals surface area contributed by atoms with Gasteiger partial charge in [-0.05, 0) is 74.9 Å². The number of halogens is 1. The first-order valence-corrected chi connectivity index (χ1v) is 12.2. The molecule has 31 heavy (non-hydrogen) atoms. The Morgan fingerprint density at radius 1 is 0.968 bits per heavy atom. The molecule has 8 heteroatoms. The third kappa shape index (κ3) is 5.07. The number of nitrogens with one attached hydrogen (secondary N) is 1. The number of hydrogen-bond acceptors (Lipinski definition) is 4. The molecule has 2 fully saturated rings. The number of hydrogen-bond donors (Lipinski definition) is 1. The third-order valence-corrected chi connectivity index (χ3v) is 7.94. The average Bonchev–Trinajstić information content (AvgIpc) is 3.28. The maximum Gasteiger partial charge on any atom is 0.245 e. The van der Waals surface area contributed by atoms with E-state index < -0.39 is 15.8 Å². The number of carbonyl (C=O) groups is 1. The molecule has 1 saturated heterocycles. The number of sulfonamides is 1. The van der Waals surface area contributed by atoms with E-state index in [1.807, 2.05) is 24.3 Å². The van der Waals surface area contributed by atoms with Crippen molar-refractivity contribution in [2.24, 2.45) is 5.92 Å². The first-order chi connectivity index (χ1) is 14.9. The van der Waals surface area contributed by atoms with Crippen molar-refractivity contribution in [3.05, 3.63) is 54.3 Å². The second kappa shape index (κ2) is 9.36. The van der Waals surface area contributed by atoms with Crippen molar-refractivity contribution in [3.63, 3.8) is 0 Å². The quantitative estimate of drug-likeness (QED) is 0.722. The molecular weight excluding hydrogens is 419 g/mol. The number of rotatable bonds is 6. The lowest BCUT2D eigenvalue weighted by atomic mass is 9.97. The van der Waals surface area contributed by atoms with Crippen molar-refractivity contribution in [2.75, 3.05) is 18.4 Å². The summed E-state index contributed by atoms with van der Waals surface area (Å²) in [5.41, 5.74) is 0.685. The number of nitrogens with zero attached hydrogens (tertiary/aromatic N) is 1. The lowest BCUT2D eigenvalue weighted by Gasteiger charge is -2.30. The predicted molar refractivity (Wildman–Crippen MR) is 116 cm³/mol. The van der Waals surface area contributed by atoms with Gasteiger partial charge in [-0.1, -0.05) is 12.1 Å². The zero-order chi connectivity index (χ0) is 21.8. The molecule has 0 spiro atoms. The van der Waals surface area contributed by atoms with Crippen LogP contribution in [-0.4, -0.2) is 37.8 Å². The highest BCUT2D eigenvalue weighted by molar-refractivity contribution is 7.89. The third-order valence-electron chi connectivity index (χ3n) is 6.01. The summed E-state index contributed by atoms with van der Waals surface area (Å²) in [7, 11) is -3.90. The van der Waals surface area contributed by atoms with Gasteiger partial charge in [0.25, 0.3) is 0 Å². The van der Waals surface area contributed by atoms with Crippen molar-refractivity contribution < 1.29 is 22.3 Å². The summed E-state index contributed by atoms with van der Waals surface area (Å²) >= 11 is 0. The Morgan fingerprint density at radius 2 is 1.61 bits per heavy atom. The Morgan fingerprint density at radius 3 is 2.26 bits per heavy atom. The lowest BCUT2D eigenvalue weighted by Crippen LogP contribution is -2.41. The van der Waals surface area contributed by atoms with E-state index in [0.717, 1.165) is 24.7 Å². The van der Waals surface area contributed by atoms with Crippen molar-refractivity contribution >= 4 is 21.6 Å². The first-order valence-electron chi connectivity index (χ1n) is 10.8. The second-order valence-corrected chi connectivity index (χ2v) is 10.1. The minimum atomic E-state index is -3.90. The molecule has 2 aromatic carbocycles. The van der Waals surface area contributed by atoms with Crippen molar-refractivity contribution in [1.29, 1.82) is 0 Å². The van der Waals surface area contributed by atoms with E-state index in [-0.39, 0.29) is 35.9 Å². The smallest absolute Gasteiger partial charge is 0.245 e. The molecule has 6 nitrogen and oxygen atoms in total. The molecule has 4 rings (SSSR count). The Kier molecular flexibility index (Phi) is 6.57. The number of amides is 1. The van der Waals surface area contributed by atoms with Crippen molar-refractivity contribution in [2.45, 2.75) is 49.5 Å². The van der Waals surface area contributed by atoms with E-state index in [0.29, 0.717) is 18.5 Å². The average molecular weight is 447 g/mol. The van der Waals surface area contributed by atoms with Gasteiger partial charge in [-0.2, -0.15) is 4.31 Å². The Balaban J connectivity index is 1.30. The Labute approximate surface area is 182 Å². The molecular formula is C23H27FN2O4S. The number of anilines is 1. The number of carbonyl (C=O) groups excluding carboxylic acids is 1. The Hall–Kier alpha value is -2.45. The van der Waals surface area contributed by atoms with Gasteiger partial charge in [0.1, 0.15) is 16.5 Å². The van der Waals surface area contributed by atoms with Crippen LogP contribution in [0.1, 0.15) is 38.5 Å². The van der Waals surface area contributed by atoms with Gasteiger partial charge in [0.05, 0.1) is 6.10 Å². The largest absolute Gasteiger partial charge is 0.490 e. The standard InChI is InChI=1S/C23H27FN2O4S/c24-21-7-3-4-8-22(21)31(28,29)26-15-13-17(14-16-26)23(27)25-18-9-11-20(12-10-18)30-19-5-1-2-6-19/h3-4,7-12,17,19H,1-2,5-6,13-16H2,(H,25,27). The van der Waals surface area contributed by atoms with Crippen LogP contribution in [0, 0.1) is 11.7 Å². The molecule has 2 aliphatic rings. The maximum absolute atomic E-state index is 14.0. The van der Waals surface area contributed by atoms with E-state index in [9.17, 15) is 17.6 Å². The summed E-state index contributed by atoms with van der Waals surface area (Å²) in [5, 5.41) is 2.90. The predicted octanol–water partition coefficient (Wildman–Crippen LogP) is 4.19. The fourth-order valence-electron chi connectivity index (χ4n) is 4.21. The SMILES string of the molecule is O=C(Nc1ccc(OC2CCCC2)cc1)C1CCN(S(=O)(=O)c2ccccc2F)CC1. The molecule has 0 unspecified atom stereocenters. The summed E-state index contributed by atoms with van der Waals surface area (Å²) in [6.07, 6.45) is 5.66. The fraction of sp³-hybridized carbons (Fsp3) is 0.435. The molecule has 1 aliphatic heterocycles. The van der Waals surface area contributed by atoms with Crippen LogP contribution in [0.2, 0.25) is 0 Å². The van der Waals surface area contributed by atoms with Crippen molar-refractivity contribution in [3.8, 4) is 5.75 Å². The van der Waals surface area contributed by atoms with Crippen LogP contribution in [0.15, 0.2) is 53.4 Å². The molecule has 1 N–H and O–H groups in total. The summed E-state index contributed by atoms with van der Waals surface area (Å²) in [6, 6.07) is 12.7. The minimum absolute atomic E-state index is 0.132. The second-order valence-electron chi connectivity index (χ2n) is 8.15. The fourth-order valence-corrected chi connectivity index (χ4v) is 5.75. The normalized spacial score (nSPS) is 18.7. The molecule has 0 atom stereocenters. The molecule has 1 aliphatic carbocycles. The maximum atomic E-state index is 14.0. The molecule has 166 valence electrons. The van der Waals surface area contributed by atoms with E-state index in [1.165, 1.54) is 35.3 Å². The molecule has 1 saturated carbocycles. The van der Waals surface area contributed by atoms with Gasteiger partial charge < -0.3 is 10.1 Å². The molecule has 0 bridgehead atoms. The molecule has 0 aromatic heterocycles. The van der Waals surface area contributed by atoms with Crippen molar-refractivity contribution in [1.82, 2.24) is 4.31 Å². The molecule has 2 aromatic rings. The van der Waals surface area contributed by atoms with Gasteiger partial charge in [0.2, 0.25) is 15.9 Å².